The van der Waals surface area contributed by atoms with Crippen molar-refractivity contribution in [3.8, 4) is 5.75 Å². The second-order valence-electron chi connectivity index (χ2n) is 4.54. The van der Waals surface area contributed by atoms with Gasteiger partial charge in [-0.15, -0.1) is 11.3 Å². The van der Waals surface area contributed by atoms with E-state index in [-0.39, 0.29) is 5.75 Å². The Morgan fingerprint density at radius 3 is 2.43 bits per heavy atom. The summed E-state index contributed by atoms with van der Waals surface area (Å²) in [6, 6.07) is 13.9. The van der Waals surface area contributed by atoms with Gasteiger partial charge < -0.3 is 9.84 Å². The van der Waals surface area contributed by atoms with Crippen molar-refractivity contribution in [2.24, 2.45) is 0 Å². The van der Waals surface area contributed by atoms with Crippen LogP contribution in [0.25, 0.3) is 10.1 Å². The number of thiophene rings is 1. The molecule has 0 saturated heterocycles. The highest BCUT2D eigenvalue weighted by molar-refractivity contribution is 7.17. The smallest absolute Gasteiger partial charge is 0.387 e. The molecule has 0 radical (unpaired) electrons. The van der Waals surface area contributed by atoms with E-state index in [2.05, 4.69) is 4.74 Å². The Bertz CT molecular complexity index is 737. The third-order valence-electron chi connectivity index (χ3n) is 3.23. The first kappa shape index (κ1) is 14.0. The number of aliphatic hydroxyl groups excluding tert-OH is 1. The molecule has 3 rings (SSSR count). The van der Waals surface area contributed by atoms with Gasteiger partial charge in [0.25, 0.3) is 0 Å². The standard InChI is InChI=1S/C16H12F2O2S/c17-16(18)20-11-7-5-10(6-8-11)15(19)13-9-21-14-4-2-1-3-12(13)14/h1-9,15-16,19H. The topological polar surface area (TPSA) is 29.5 Å². The zero-order valence-corrected chi connectivity index (χ0v) is 11.7. The van der Waals surface area contributed by atoms with Gasteiger partial charge in [0, 0.05) is 10.3 Å². The molecule has 1 atom stereocenters. The van der Waals surface area contributed by atoms with Crippen molar-refractivity contribution in [1.29, 1.82) is 0 Å². The van der Waals surface area contributed by atoms with Crippen LogP contribution in [0, 0.1) is 0 Å². The van der Waals surface area contributed by atoms with Crippen LogP contribution in [0.4, 0.5) is 8.78 Å². The Morgan fingerprint density at radius 2 is 1.71 bits per heavy atom. The van der Waals surface area contributed by atoms with Gasteiger partial charge in [-0.1, -0.05) is 30.3 Å². The van der Waals surface area contributed by atoms with Crippen molar-refractivity contribution in [2.75, 3.05) is 0 Å². The molecule has 0 aliphatic heterocycles. The van der Waals surface area contributed by atoms with E-state index < -0.39 is 12.7 Å². The van der Waals surface area contributed by atoms with Crippen molar-refractivity contribution in [1.82, 2.24) is 0 Å². The molecular weight excluding hydrogens is 294 g/mol. The number of rotatable bonds is 4. The number of hydrogen-bond acceptors (Lipinski definition) is 3. The first-order chi connectivity index (χ1) is 10.1. The molecule has 0 fully saturated rings. The van der Waals surface area contributed by atoms with Crippen LogP contribution in [-0.4, -0.2) is 11.7 Å². The van der Waals surface area contributed by atoms with Crippen molar-refractivity contribution in [3.63, 3.8) is 0 Å². The predicted octanol–water partition coefficient (Wildman–Crippen LogP) is 4.58. The van der Waals surface area contributed by atoms with Crippen LogP contribution in [0.2, 0.25) is 0 Å². The number of hydrogen-bond donors (Lipinski definition) is 1. The number of ether oxygens (including phenoxy) is 1. The fraction of sp³-hybridized carbons (Fsp3) is 0.125. The fourth-order valence-corrected chi connectivity index (χ4v) is 3.20. The zero-order valence-electron chi connectivity index (χ0n) is 10.9. The highest BCUT2D eigenvalue weighted by atomic mass is 32.1. The average molecular weight is 306 g/mol. The van der Waals surface area contributed by atoms with Crippen molar-refractivity contribution in [2.45, 2.75) is 12.7 Å². The summed E-state index contributed by atoms with van der Waals surface area (Å²) in [4.78, 5) is 0. The van der Waals surface area contributed by atoms with E-state index in [9.17, 15) is 13.9 Å². The first-order valence-corrected chi connectivity index (χ1v) is 7.22. The van der Waals surface area contributed by atoms with Gasteiger partial charge >= 0.3 is 6.61 Å². The molecule has 21 heavy (non-hydrogen) atoms. The maximum absolute atomic E-state index is 12.1. The van der Waals surface area contributed by atoms with Crippen LogP contribution >= 0.6 is 11.3 Å². The molecule has 0 bridgehead atoms. The van der Waals surface area contributed by atoms with Crippen LogP contribution in [0.15, 0.2) is 53.9 Å². The minimum absolute atomic E-state index is 0.0797. The number of alkyl halides is 2. The molecule has 5 heteroatoms. The summed E-state index contributed by atoms with van der Waals surface area (Å²) in [5.74, 6) is 0.0797. The van der Waals surface area contributed by atoms with Crippen LogP contribution < -0.4 is 4.74 Å². The lowest BCUT2D eigenvalue weighted by molar-refractivity contribution is -0.0498. The van der Waals surface area contributed by atoms with Crippen LogP contribution in [-0.2, 0) is 0 Å². The second-order valence-corrected chi connectivity index (χ2v) is 5.45. The summed E-state index contributed by atoms with van der Waals surface area (Å²) in [6.07, 6.45) is -0.790. The van der Waals surface area contributed by atoms with E-state index in [1.165, 1.54) is 12.1 Å². The minimum Gasteiger partial charge on any atom is -0.435 e. The fourth-order valence-electron chi connectivity index (χ4n) is 2.22. The highest BCUT2D eigenvalue weighted by Crippen LogP contribution is 2.33. The van der Waals surface area contributed by atoms with E-state index >= 15 is 0 Å². The molecule has 1 unspecified atom stereocenters. The Labute approximate surface area is 124 Å². The van der Waals surface area contributed by atoms with Crippen LogP contribution in [0.3, 0.4) is 0 Å². The van der Waals surface area contributed by atoms with Gasteiger partial charge in [-0.05, 0) is 34.5 Å². The van der Waals surface area contributed by atoms with Gasteiger partial charge in [0.15, 0.2) is 0 Å². The zero-order chi connectivity index (χ0) is 14.8. The molecule has 108 valence electrons. The second kappa shape index (κ2) is 5.79. The summed E-state index contributed by atoms with van der Waals surface area (Å²) in [5.41, 5.74) is 1.46. The molecule has 2 nitrogen and oxygen atoms in total. The molecule has 1 aromatic heterocycles. The van der Waals surface area contributed by atoms with Crippen molar-refractivity contribution in [3.05, 3.63) is 65.0 Å². The Balaban J connectivity index is 1.89. The third kappa shape index (κ3) is 2.89. The highest BCUT2D eigenvalue weighted by Gasteiger charge is 2.15. The summed E-state index contributed by atoms with van der Waals surface area (Å²) < 4.78 is 29.6. The molecule has 1 N–H and O–H groups in total. The van der Waals surface area contributed by atoms with Crippen LogP contribution in [0.5, 0.6) is 5.75 Å². The summed E-state index contributed by atoms with van der Waals surface area (Å²) in [7, 11) is 0. The normalized spacial score (nSPS) is 12.8. The molecule has 0 saturated carbocycles. The number of benzene rings is 2. The number of halogens is 2. The molecular formula is C16H12F2O2S. The molecule has 0 spiro atoms. The summed E-state index contributed by atoms with van der Waals surface area (Å²) in [6.45, 7) is -2.85. The SMILES string of the molecule is OC(c1ccc(OC(F)F)cc1)c1csc2ccccc12. The molecule has 0 aliphatic carbocycles. The van der Waals surface area contributed by atoms with E-state index in [0.29, 0.717) is 5.56 Å². The Morgan fingerprint density at radius 1 is 1.00 bits per heavy atom. The number of aliphatic hydroxyl groups is 1. The van der Waals surface area contributed by atoms with Gasteiger partial charge in [-0.2, -0.15) is 8.78 Å². The maximum atomic E-state index is 12.1. The maximum Gasteiger partial charge on any atom is 0.387 e. The average Bonchev–Trinajstić information content (AvgIpc) is 2.90. The Kier molecular flexibility index (Phi) is 3.86. The molecule has 0 amide bonds. The molecule has 3 aromatic rings. The predicted molar refractivity (Wildman–Crippen MR) is 79.0 cm³/mol. The van der Waals surface area contributed by atoms with Gasteiger partial charge in [0.05, 0.1) is 0 Å². The van der Waals surface area contributed by atoms with Gasteiger partial charge in [0.2, 0.25) is 0 Å². The lowest BCUT2D eigenvalue weighted by Crippen LogP contribution is -2.03. The van der Waals surface area contributed by atoms with E-state index in [1.807, 2.05) is 29.6 Å². The molecule has 2 aromatic carbocycles. The Hall–Kier alpha value is -1.98. The first-order valence-electron chi connectivity index (χ1n) is 6.34. The lowest BCUT2D eigenvalue weighted by atomic mass is 10.0. The van der Waals surface area contributed by atoms with Gasteiger partial charge in [-0.3, -0.25) is 0 Å². The van der Waals surface area contributed by atoms with Gasteiger partial charge in [0.1, 0.15) is 11.9 Å². The summed E-state index contributed by atoms with van der Waals surface area (Å²) in [5, 5.41) is 13.4. The van der Waals surface area contributed by atoms with Crippen molar-refractivity contribution < 1.29 is 18.6 Å². The van der Waals surface area contributed by atoms with Crippen LogP contribution in [0.1, 0.15) is 17.2 Å². The quantitative estimate of drug-likeness (QED) is 0.764. The van der Waals surface area contributed by atoms with Gasteiger partial charge in [-0.25, -0.2) is 0 Å². The molecule has 0 aliphatic rings. The third-order valence-corrected chi connectivity index (χ3v) is 4.21. The minimum atomic E-state index is -2.85. The van der Waals surface area contributed by atoms with E-state index in [1.54, 1.807) is 23.5 Å². The monoisotopic (exact) mass is 306 g/mol. The van der Waals surface area contributed by atoms with E-state index in [4.69, 9.17) is 0 Å². The molecule has 1 heterocycles. The summed E-state index contributed by atoms with van der Waals surface area (Å²) >= 11 is 1.56. The van der Waals surface area contributed by atoms with Crippen molar-refractivity contribution >= 4 is 21.4 Å². The number of fused-ring (bicyclic) bond motifs is 1. The lowest BCUT2D eigenvalue weighted by Gasteiger charge is -2.11. The largest absolute Gasteiger partial charge is 0.435 e. The van der Waals surface area contributed by atoms with E-state index in [0.717, 1.165) is 15.6 Å².